The lowest BCUT2D eigenvalue weighted by Gasteiger charge is -2.09. The molecule has 1 heteroatoms. The van der Waals surface area contributed by atoms with E-state index in [1.807, 2.05) is 24.3 Å². The van der Waals surface area contributed by atoms with Gasteiger partial charge in [0.15, 0.2) is 0 Å². The monoisotopic (exact) mass is 245 g/mol. The van der Waals surface area contributed by atoms with Gasteiger partial charge in [0.25, 0.3) is 0 Å². The number of aliphatic imine (C=N–C) groups is 1. The molecule has 0 N–H and O–H groups in total. The molecule has 1 nitrogen and oxygen atoms in total. The van der Waals surface area contributed by atoms with Crippen LogP contribution in [-0.4, -0.2) is 5.71 Å². The predicted molar refractivity (Wildman–Crippen MR) is 83.2 cm³/mol. The number of fused-ring (bicyclic) bond motifs is 1. The lowest BCUT2D eigenvalue weighted by atomic mass is 10.0. The Labute approximate surface area is 113 Å². The molecule has 0 radical (unpaired) electrons. The maximum absolute atomic E-state index is 4.81. The summed E-state index contributed by atoms with van der Waals surface area (Å²) < 4.78 is 0. The van der Waals surface area contributed by atoms with Crippen LogP contribution in [0.1, 0.15) is 5.56 Å². The van der Waals surface area contributed by atoms with E-state index in [9.17, 15) is 0 Å². The van der Waals surface area contributed by atoms with Crippen molar-refractivity contribution in [2.75, 3.05) is 0 Å². The number of allylic oxidation sites excluding steroid dienone is 5. The summed E-state index contributed by atoms with van der Waals surface area (Å²) in [5, 5.41) is 2.40. The SMILES string of the molecule is C=C1C=CC=C/C1=N/c1c(C)ccc2ccccc12. The fourth-order valence-electron chi connectivity index (χ4n) is 2.25. The summed E-state index contributed by atoms with van der Waals surface area (Å²) in [4.78, 5) is 4.81. The summed E-state index contributed by atoms with van der Waals surface area (Å²) >= 11 is 0. The molecular formula is C18H15N. The topological polar surface area (TPSA) is 12.4 Å². The van der Waals surface area contributed by atoms with E-state index in [2.05, 4.69) is 49.9 Å². The summed E-state index contributed by atoms with van der Waals surface area (Å²) in [5.41, 5.74) is 4.10. The molecule has 19 heavy (non-hydrogen) atoms. The summed E-state index contributed by atoms with van der Waals surface area (Å²) in [7, 11) is 0. The third kappa shape index (κ3) is 2.15. The van der Waals surface area contributed by atoms with Gasteiger partial charge in [0.05, 0.1) is 11.4 Å². The van der Waals surface area contributed by atoms with Crippen LogP contribution >= 0.6 is 0 Å². The first kappa shape index (κ1) is 11.7. The maximum atomic E-state index is 4.81. The Balaban J connectivity index is 2.23. The van der Waals surface area contributed by atoms with Crippen molar-refractivity contribution in [1.29, 1.82) is 0 Å². The first-order valence-corrected chi connectivity index (χ1v) is 6.37. The second-order valence-electron chi connectivity index (χ2n) is 4.69. The summed E-state index contributed by atoms with van der Waals surface area (Å²) in [6.07, 6.45) is 7.97. The number of aryl methyl sites for hydroxylation is 1. The molecule has 0 fully saturated rings. The highest BCUT2D eigenvalue weighted by Crippen LogP contribution is 2.30. The summed E-state index contributed by atoms with van der Waals surface area (Å²) in [6, 6.07) is 12.6. The van der Waals surface area contributed by atoms with E-state index >= 15 is 0 Å². The van der Waals surface area contributed by atoms with E-state index in [-0.39, 0.29) is 0 Å². The van der Waals surface area contributed by atoms with E-state index in [0.717, 1.165) is 17.0 Å². The highest BCUT2D eigenvalue weighted by molar-refractivity contribution is 6.13. The van der Waals surface area contributed by atoms with Crippen molar-refractivity contribution in [1.82, 2.24) is 0 Å². The molecule has 3 rings (SSSR count). The third-order valence-corrected chi connectivity index (χ3v) is 3.33. The van der Waals surface area contributed by atoms with Crippen molar-refractivity contribution in [2.24, 2.45) is 4.99 Å². The molecule has 0 aliphatic heterocycles. The Morgan fingerprint density at radius 3 is 2.58 bits per heavy atom. The molecule has 2 aromatic carbocycles. The van der Waals surface area contributed by atoms with Crippen LogP contribution in [0.3, 0.4) is 0 Å². The van der Waals surface area contributed by atoms with Crippen LogP contribution in [0.25, 0.3) is 10.8 Å². The normalized spacial score (nSPS) is 16.5. The maximum Gasteiger partial charge on any atom is 0.0744 e. The molecular weight excluding hydrogens is 230 g/mol. The van der Waals surface area contributed by atoms with Crippen LogP contribution in [0.5, 0.6) is 0 Å². The lowest BCUT2D eigenvalue weighted by Crippen LogP contribution is -1.98. The minimum atomic E-state index is 0.932. The van der Waals surface area contributed by atoms with Gasteiger partial charge in [0.2, 0.25) is 0 Å². The summed E-state index contributed by atoms with van der Waals surface area (Å²) in [6.45, 7) is 6.13. The Bertz CT molecular complexity index is 745. The van der Waals surface area contributed by atoms with Gasteiger partial charge in [0, 0.05) is 5.39 Å². The highest BCUT2D eigenvalue weighted by atomic mass is 14.8. The van der Waals surface area contributed by atoms with E-state index in [4.69, 9.17) is 4.99 Å². The molecule has 0 atom stereocenters. The van der Waals surface area contributed by atoms with E-state index < -0.39 is 0 Å². The van der Waals surface area contributed by atoms with Gasteiger partial charge >= 0.3 is 0 Å². The first-order chi connectivity index (χ1) is 9.25. The summed E-state index contributed by atoms with van der Waals surface area (Å²) in [5.74, 6) is 0. The second kappa shape index (κ2) is 4.69. The van der Waals surface area contributed by atoms with Gasteiger partial charge in [0.1, 0.15) is 0 Å². The van der Waals surface area contributed by atoms with Gasteiger partial charge in [-0.05, 0) is 29.5 Å². The van der Waals surface area contributed by atoms with E-state index in [1.165, 1.54) is 16.3 Å². The molecule has 0 unspecified atom stereocenters. The zero-order chi connectivity index (χ0) is 13.2. The van der Waals surface area contributed by atoms with Crippen molar-refractivity contribution < 1.29 is 0 Å². The zero-order valence-electron chi connectivity index (χ0n) is 10.9. The van der Waals surface area contributed by atoms with Crippen LogP contribution < -0.4 is 0 Å². The standard InChI is InChI=1S/C18H15N/c1-13-7-3-6-10-17(13)19-18-14(2)11-12-15-8-4-5-9-16(15)18/h3-12H,1H2,2H3/b19-17-. The largest absolute Gasteiger partial charge is 0.248 e. The van der Waals surface area contributed by atoms with Gasteiger partial charge in [-0.1, -0.05) is 61.2 Å². The molecule has 0 saturated heterocycles. The Hall–Kier alpha value is -2.41. The number of nitrogens with zero attached hydrogens (tertiary/aromatic N) is 1. The average molecular weight is 245 g/mol. The minimum absolute atomic E-state index is 0.932. The average Bonchev–Trinajstić information content (AvgIpc) is 2.44. The molecule has 1 aliphatic carbocycles. The molecule has 0 bridgehead atoms. The van der Waals surface area contributed by atoms with Crippen LogP contribution in [0.2, 0.25) is 0 Å². The molecule has 0 spiro atoms. The minimum Gasteiger partial charge on any atom is -0.248 e. The molecule has 0 saturated carbocycles. The molecule has 0 heterocycles. The van der Waals surface area contributed by atoms with Crippen LogP contribution in [-0.2, 0) is 0 Å². The van der Waals surface area contributed by atoms with Gasteiger partial charge in [-0.3, -0.25) is 0 Å². The first-order valence-electron chi connectivity index (χ1n) is 6.37. The quantitative estimate of drug-likeness (QED) is 0.677. The lowest BCUT2D eigenvalue weighted by molar-refractivity contribution is 1.42. The van der Waals surface area contributed by atoms with Crippen LogP contribution in [0.15, 0.2) is 77.8 Å². The van der Waals surface area contributed by atoms with Gasteiger partial charge in [-0.2, -0.15) is 0 Å². The Kier molecular flexibility index (Phi) is 2.88. The van der Waals surface area contributed by atoms with Gasteiger partial charge in [-0.25, -0.2) is 4.99 Å². The van der Waals surface area contributed by atoms with Crippen LogP contribution in [0, 0.1) is 6.92 Å². The highest BCUT2D eigenvalue weighted by Gasteiger charge is 2.06. The molecule has 0 amide bonds. The molecule has 92 valence electrons. The molecule has 2 aromatic rings. The number of hydrogen-bond acceptors (Lipinski definition) is 1. The Morgan fingerprint density at radius 1 is 0.947 bits per heavy atom. The third-order valence-electron chi connectivity index (χ3n) is 3.33. The fraction of sp³-hybridized carbons (Fsp3) is 0.0556. The Morgan fingerprint density at radius 2 is 1.74 bits per heavy atom. The van der Waals surface area contributed by atoms with Crippen molar-refractivity contribution in [2.45, 2.75) is 6.92 Å². The van der Waals surface area contributed by atoms with Crippen molar-refractivity contribution in [3.05, 3.63) is 78.4 Å². The van der Waals surface area contributed by atoms with E-state index in [1.54, 1.807) is 0 Å². The molecule has 0 aromatic heterocycles. The smallest absolute Gasteiger partial charge is 0.0744 e. The van der Waals surface area contributed by atoms with Crippen molar-refractivity contribution in [3.8, 4) is 0 Å². The zero-order valence-corrected chi connectivity index (χ0v) is 10.9. The number of hydrogen-bond donors (Lipinski definition) is 0. The van der Waals surface area contributed by atoms with Crippen LogP contribution in [0.4, 0.5) is 5.69 Å². The van der Waals surface area contributed by atoms with Gasteiger partial charge in [-0.15, -0.1) is 0 Å². The number of benzene rings is 2. The van der Waals surface area contributed by atoms with Crippen molar-refractivity contribution >= 4 is 22.2 Å². The fourth-order valence-corrected chi connectivity index (χ4v) is 2.25. The molecule has 1 aliphatic rings. The van der Waals surface area contributed by atoms with Crippen molar-refractivity contribution in [3.63, 3.8) is 0 Å². The predicted octanol–water partition coefficient (Wildman–Crippen LogP) is 4.90. The second-order valence-corrected chi connectivity index (χ2v) is 4.69. The van der Waals surface area contributed by atoms with E-state index in [0.29, 0.717) is 0 Å². The number of rotatable bonds is 1. The van der Waals surface area contributed by atoms with Gasteiger partial charge < -0.3 is 0 Å².